The first-order valence-electron chi connectivity index (χ1n) is 10.3. The number of H-pyrrole nitrogens is 1. The van der Waals surface area contributed by atoms with Crippen molar-refractivity contribution in [3.05, 3.63) is 57.0 Å². The van der Waals surface area contributed by atoms with Gasteiger partial charge in [-0.05, 0) is 38.2 Å². The minimum Gasteiger partial charge on any atom is -0.348 e. The highest BCUT2D eigenvalue weighted by Crippen LogP contribution is 2.43. The van der Waals surface area contributed by atoms with Crippen molar-refractivity contribution < 1.29 is 4.79 Å². The third-order valence-corrected chi connectivity index (χ3v) is 6.21. The van der Waals surface area contributed by atoms with Crippen LogP contribution in [-0.2, 0) is 18.4 Å². The number of carbonyl (C=O) groups is 1. The van der Waals surface area contributed by atoms with Crippen molar-refractivity contribution in [3.8, 4) is 0 Å². The minimum absolute atomic E-state index is 0.0449. The minimum atomic E-state index is -0.214. The summed E-state index contributed by atoms with van der Waals surface area (Å²) in [6.45, 7) is 3.92. The molecule has 1 aromatic heterocycles. The van der Waals surface area contributed by atoms with Crippen LogP contribution in [0.3, 0.4) is 0 Å². The number of piperidine rings is 1. The van der Waals surface area contributed by atoms with Gasteiger partial charge in [0, 0.05) is 44.7 Å². The quantitative estimate of drug-likeness (QED) is 0.836. The van der Waals surface area contributed by atoms with Crippen LogP contribution in [0.1, 0.15) is 41.6 Å². The van der Waals surface area contributed by atoms with Crippen LogP contribution >= 0.6 is 0 Å². The Morgan fingerprint density at radius 3 is 2.76 bits per heavy atom. The summed E-state index contributed by atoms with van der Waals surface area (Å²) in [4.78, 5) is 36.8. The van der Waals surface area contributed by atoms with Crippen molar-refractivity contribution in [1.29, 1.82) is 0 Å². The molecule has 1 atom stereocenters. The van der Waals surface area contributed by atoms with Gasteiger partial charge in [-0.2, -0.15) is 0 Å². The van der Waals surface area contributed by atoms with Crippen molar-refractivity contribution in [2.45, 2.75) is 44.6 Å². The van der Waals surface area contributed by atoms with Crippen LogP contribution in [0.5, 0.6) is 0 Å². The molecule has 1 unspecified atom stereocenters. The predicted molar refractivity (Wildman–Crippen MR) is 113 cm³/mol. The lowest BCUT2D eigenvalue weighted by molar-refractivity contribution is 0.147. The molecular formula is C22H29N5O2. The maximum atomic E-state index is 12.9. The summed E-state index contributed by atoms with van der Waals surface area (Å²) in [5.41, 5.74) is 3.71. The highest BCUT2D eigenvalue weighted by atomic mass is 16.2. The van der Waals surface area contributed by atoms with E-state index >= 15 is 0 Å². The normalized spacial score (nSPS) is 20.6. The van der Waals surface area contributed by atoms with E-state index in [1.54, 1.807) is 0 Å². The van der Waals surface area contributed by atoms with E-state index < -0.39 is 0 Å². The summed E-state index contributed by atoms with van der Waals surface area (Å²) in [6, 6.07) is 8.14. The molecule has 1 aliphatic heterocycles. The zero-order valence-corrected chi connectivity index (χ0v) is 17.4. The predicted octanol–water partition coefficient (Wildman–Crippen LogP) is 2.33. The lowest BCUT2D eigenvalue weighted by Crippen LogP contribution is -2.51. The Balaban J connectivity index is 1.51. The fourth-order valence-electron chi connectivity index (χ4n) is 4.55. The number of fused-ring (bicyclic) bond motifs is 2. The number of hydrogen-bond donors (Lipinski definition) is 2. The Bertz CT molecular complexity index is 966. The van der Waals surface area contributed by atoms with Crippen molar-refractivity contribution in [2.24, 2.45) is 0 Å². The van der Waals surface area contributed by atoms with E-state index in [1.165, 1.54) is 5.56 Å². The van der Waals surface area contributed by atoms with Gasteiger partial charge in [0.05, 0.1) is 5.69 Å². The molecule has 7 nitrogen and oxygen atoms in total. The molecule has 2 N–H and O–H groups in total. The van der Waals surface area contributed by atoms with Crippen LogP contribution in [0, 0.1) is 6.92 Å². The van der Waals surface area contributed by atoms with E-state index in [0.29, 0.717) is 19.0 Å². The molecule has 1 spiro atoms. The molecule has 29 heavy (non-hydrogen) atoms. The number of aryl methyl sites for hydroxylation is 1. The van der Waals surface area contributed by atoms with Gasteiger partial charge in [0.1, 0.15) is 0 Å². The first kappa shape index (κ1) is 19.5. The number of anilines is 1. The van der Waals surface area contributed by atoms with E-state index in [-0.39, 0.29) is 17.0 Å². The lowest BCUT2D eigenvalue weighted by atomic mass is 9.77. The second-order valence-corrected chi connectivity index (χ2v) is 8.56. The fraction of sp³-hybridized carbons (Fsp3) is 0.500. The van der Waals surface area contributed by atoms with Crippen LogP contribution in [0.4, 0.5) is 10.7 Å². The van der Waals surface area contributed by atoms with E-state index in [9.17, 15) is 9.59 Å². The number of amides is 2. The Morgan fingerprint density at radius 2 is 2.03 bits per heavy atom. The Morgan fingerprint density at radius 1 is 1.28 bits per heavy atom. The number of likely N-dealkylation sites (tertiary alicyclic amines) is 1. The summed E-state index contributed by atoms with van der Waals surface area (Å²) in [7, 11) is 3.75. The summed E-state index contributed by atoms with van der Waals surface area (Å²) in [5, 5.41) is 3.05. The number of benzene rings is 1. The number of urea groups is 1. The van der Waals surface area contributed by atoms with Gasteiger partial charge in [-0.3, -0.25) is 9.78 Å². The van der Waals surface area contributed by atoms with E-state index in [2.05, 4.69) is 29.4 Å². The average Bonchev–Trinajstić information content (AvgIpc) is 3.05. The van der Waals surface area contributed by atoms with E-state index in [0.717, 1.165) is 49.0 Å². The Kier molecular flexibility index (Phi) is 5.06. The Hall–Kier alpha value is -2.83. The molecule has 1 fully saturated rings. The van der Waals surface area contributed by atoms with Crippen molar-refractivity contribution in [1.82, 2.24) is 20.2 Å². The van der Waals surface area contributed by atoms with Crippen LogP contribution in [-0.4, -0.2) is 48.1 Å². The largest absolute Gasteiger partial charge is 0.348 e. The van der Waals surface area contributed by atoms with Gasteiger partial charge in [-0.1, -0.05) is 29.8 Å². The topological polar surface area (TPSA) is 81.3 Å². The van der Waals surface area contributed by atoms with E-state index in [4.69, 9.17) is 4.98 Å². The number of rotatable bonds is 3. The summed E-state index contributed by atoms with van der Waals surface area (Å²) < 4.78 is 0. The molecule has 1 saturated heterocycles. The smallest absolute Gasteiger partial charge is 0.317 e. The van der Waals surface area contributed by atoms with Crippen LogP contribution < -0.4 is 15.8 Å². The standard InChI is InChI=1S/C22H29N5O2/c1-15-5-7-16(8-6-15)13-23-21(29)27-12-4-10-22(14-27)11-9-17-18(22)24-20(26(2)3)25-19(17)28/h5-8H,4,9-14H2,1-3H3,(H,23,29)(H,24,25,28). The second-order valence-electron chi connectivity index (χ2n) is 8.56. The molecule has 1 aromatic carbocycles. The zero-order chi connectivity index (χ0) is 20.6. The number of nitrogens with one attached hydrogen (secondary N) is 2. The van der Waals surface area contributed by atoms with Crippen molar-refractivity contribution in [2.75, 3.05) is 32.1 Å². The van der Waals surface area contributed by atoms with Gasteiger partial charge in [0.15, 0.2) is 0 Å². The van der Waals surface area contributed by atoms with Crippen LogP contribution in [0.2, 0.25) is 0 Å². The average molecular weight is 396 g/mol. The summed E-state index contributed by atoms with van der Waals surface area (Å²) in [5.74, 6) is 0.580. The molecule has 2 amide bonds. The molecule has 1 aliphatic carbocycles. The zero-order valence-electron chi connectivity index (χ0n) is 17.4. The van der Waals surface area contributed by atoms with Crippen molar-refractivity contribution in [3.63, 3.8) is 0 Å². The molecule has 0 saturated carbocycles. The molecule has 2 aliphatic rings. The monoisotopic (exact) mass is 395 g/mol. The van der Waals surface area contributed by atoms with Crippen molar-refractivity contribution >= 4 is 12.0 Å². The van der Waals surface area contributed by atoms with Gasteiger partial charge in [0.25, 0.3) is 5.56 Å². The molecule has 0 radical (unpaired) electrons. The van der Waals surface area contributed by atoms with Gasteiger partial charge in [0.2, 0.25) is 5.95 Å². The van der Waals surface area contributed by atoms with E-state index in [1.807, 2.05) is 36.0 Å². The molecule has 7 heteroatoms. The van der Waals surface area contributed by atoms with Gasteiger partial charge >= 0.3 is 6.03 Å². The van der Waals surface area contributed by atoms with Gasteiger partial charge in [-0.25, -0.2) is 9.78 Å². The lowest BCUT2D eigenvalue weighted by Gasteiger charge is -2.40. The fourth-order valence-corrected chi connectivity index (χ4v) is 4.55. The summed E-state index contributed by atoms with van der Waals surface area (Å²) in [6.07, 6.45) is 3.48. The SMILES string of the molecule is Cc1ccc(CNC(=O)N2CCCC3(CCc4c3nc(N(C)C)[nH]c4=O)C2)cc1. The van der Waals surface area contributed by atoms with Gasteiger partial charge < -0.3 is 15.1 Å². The molecule has 154 valence electrons. The van der Waals surface area contributed by atoms with Crippen LogP contribution in [0.15, 0.2) is 29.1 Å². The first-order valence-corrected chi connectivity index (χ1v) is 10.3. The molecule has 2 heterocycles. The molecule has 2 aromatic rings. The number of aromatic nitrogens is 2. The third-order valence-electron chi connectivity index (χ3n) is 6.21. The number of hydrogen-bond acceptors (Lipinski definition) is 4. The highest BCUT2D eigenvalue weighted by molar-refractivity contribution is 5.74. The summed E-state index contributed by atoms with van der Waals surface area (Å²) >= 11 is 0. The molecular weight excluding hydrogens is 366 g/mol. The third kappa shape index (κ3) is 3.73. The number of carbonyl (C=O) groups excluding carboxylic acids is 1. The van der Waals surface area contributed by atoms with Crippen LogP contribution in [0.25, 0.3) is 0 Å². The number of nitrogens with zero attached hydrogens (tertiary/aromatic N) is 3. The highest BCUT2D eigenvalue weighted by Gasteiger charge is 2.45. The number of aromatic amines is 1. The second kappa shape index (κ2) is 7.54. The maximum Gasteiger partial charge on any atom is 0.317 e. The first-order chi connectivity index (χ1) is 13.9. The Labute approximate surface area is 171 Å². The molecule has 4 rings (SSSR count). The molecule has 0 bridgehead atoms. The maximum absolute atomic E-state index is 12.9. The van der Waals surface area contributed by atoms with Gasteiger partial charge in [-0.15, -0.1) is 0 Å².